The van der Waals surface area contributed by atoms with Crippen molar-refractivity contribution in [1.82, 2.24) is 25.8 Å². The molecular formula is C69H118N5O20P. The molecule has 0 aromatic rings. The maximum Gasteiger partial charge on any atom is 0.472 e. The molecule has 25 nitrogen and oxygen atoms in total. The number of Topliss-reactive ketones (excluding diaryl/α,β-unsaturated/α-hetero) is 3. The van der Waals surface area contributed by atoms with Gasteiger partial charge in [-0.1, -0.05) is 148 Å². The van der Waals surface area contributed by atoms with Gasteiger partial charge in [0.1, 0.15) is 32.0 Å². The molecule has 95 heavy (non-hydrogen) atoms. The van der Waals surface area contributed by atoms with Gasteiger partial charge in [-0.2, -0.15) is 0 Å². The van der Waals surface area contributed by atoms with Crippen molar-refractivity contribution in [2.45, 2.75) is 277 Å². The molecule has 0 aliphatic heterocycles. The van der Waals surface area contributed by atoms with Gasteiger partial charge in [0.05, 0.1) is 32.8 Å². The van der Waals surface area contributed by atoms with Gasteiger partial charge in [0.2, 0.25) is 29.5 Å². The molecule has 544 valence electrons. The number of allylic oxidation sites excluding steroid dienone is 4. The molecule has 0 rings (SSSR count). The zero-order valence-electron chi connectivity index (χ0n) is 57.7. The first-order valence-corrected chi connectivity index (χ1v) is 36.7. The zero-order chi connectivity index (χ0) is 70.6. The number of rotatable bonds is 66. The van der Waals surface area contributed by atoms with E-state index in [0.717, 1.165) is 86.8 Å². The number of nitrogens with zero attached hydrogens (tertiary/aromatic N) is 2. The molecule has 0 saturated heterocycles. The van der Waals surface area contributed by atoms with Crippen molar-refractivity contribution in [2.75, 3.05) is 65.6 Å². The summed E-state index contributed by atoms with van der Waals surface area (Å²) in [4.78, 5) is 160. The molecule has 0 spiro atoms. The van der Waals surface area contributed by atoms with Crippen LogP contribution in [0.5, 0.6) is 0 Å². The molecule has 0 fully saturated rings. The summed E-state index contributed by atoms with van der Waals surface area (Å²) in [5, 5.41) is 25.7. The number of amides is 5. The lowest BCUT2D eigenvalue weighted by Gasteiger charge is -2.21. The van der Waals surface area contributed by atoms with Gasteiger partial charge in [-0.25, -0.2) is 4.57 Å². The summed E-state index contributed by atoms with van der Waals surface area (Å²) in [7, 11) is -4.70. The number of ketones is 3. The smallest absolute Gasteiger partial charge is 0.472 e. The summed E-state index contributed by atoms with van der Waals surface area (Å²) >= 11 is 0. The second-order valence-corrected chi connectivity index (χ2v) is 25.6. The van der Waals surface area contributed by atoms with Gasteiger partial charge >= 0.3 is 31.7 Å². The van der Waals surface area contributed by atoms with E-state index in [1.165, 1.54) is 77.0 Å². The van der Waals surface area contributed by atoms with Crippen LogP contribution in [0, 0.1) is 0 Å². The van der Waals surface area contributed by atoms with Crippen LogP contribution in [0.3, 0.4) is 0 Å². The maximum atomic E-state index is 12.9. The Morgan fingerprint density at radius 3 is 1.41 bits per heavy atom. The molecule has 2 atom stereocenters. The van der Waals surface area contributed by atoms with E-state index < -0.39 is 131 Å². The van der Waals surface area contributed by atoms with E-state index in [1.54, 1.807) is 6.92 Å². The predicted molar refractivity (Wildman–Crippen MR) is 360 cm³/mol. The molecule has 0 bridgehead atoms. The highest BCUT2D eigenvalue weighted by atomic mass is 31.2. The van der Waals surface area contributed by atoms with Crippen LogP contribution in [-0.4, -0.2) is 167 Å². The molecular weight excluding hydrogens is 1250 g/mol. The fourth-order valence-electron chi connectivity index (χ4n) is 9.71. The lowest BCUT2D eigenvalue weighted by Crippen LogP contribution is -2.47. The Morgan fingerprint density at radius 1 is 0.411 bits per heavy atom. The lowest BCUT2D eigenvalue weighted by molar-refractivity contribution is -0.161. The summed E-state index contributed by atoms with van der Waals surface area (Å²) in [6.45, 7) is 0.807. The number of phosphoric ester groups is 1. The third-order valence-electron chi connectivity index (χ3n) is 15.3. The van der Waals surface area contributed by atoms with Crippen molar-refractivity contribution >= 4 is 78.6 Å². The van der Waals surface area contributed by atoms with Crippen molar-refractivity contribution in [3.63, 3.8) is 0 Å². The monoisotopic (exact) mass is 1370 g/mol. The molecule has 0 radical (unpaired) electrons. The van der Waals surface area contributed by atoms with Crippen molar-refractivity contribution < 1.29 is 95.7 Å². The van der Waals surface area contributed by atoms with E-state index in [4.69, 9.17) is 23.6 Å². The predicted octanol–water partition coefficient (Wildman–Crippen LogP) is 10.8. The van der Waals surface area contributed by atoms with E-state index in [9.17, 15) is 72.1 Å². The normalized spacial score (nSPS) is 12.2. The highest BCUT2D eigenvalue weighted by Gasteiger charge is 2.27. The molecule has 2 unspecified atom stereocenters. The number of hydrogen-bond acceptors (Lipinski definition) is 17. The van der Waals surface area contributed by atoms with Crippen LogP contribution in [0.15, 0.2) is 24.3 Å². The number of hydrogen-bond donors (Lipinski definition) is 6. The van der Waals surface area contributed by atoms with Gasteiger partial charge in [0.25, 0.3) is 0 Å². The minimum Gasteiger partial charge on any atom is -0.480 e. The molecule has 26 heteroatoms. The Hall–Kier alpha value is -6.17. The molecule has 0 heterocycles. The number of carboxylic acids is 2. The summed E-state index contributed by atoms with van der Waals surface area (Å²) in [5.41, 5.74) is 0. The molecule has 5 amide bonds. The zero-order valence-corrected chi connectivity index (χ0v) is 58.6. The number of carboxylic acid groups (broad SMARTS) is 2. The second kappa shape index (κ2) is 60.3. The fraction of sp³-hybridized carbons (Fsp3) is 0.768. The van der Waals surface area contributed by atoms with Gasteiger partial charge < -0.3 is 50.3 Å². The number of aliphatic carboxylic acids is 2. The van der Waals surface area contributed by atoms with E-state index in [-0.39, 0.29) is 96.2 Å². The summed E-state index contributed by atoms with van der Waals surface area (Å²) < 4.78 is 34.2. The SMILES string of the molecule is CCCCCCCC/C=C\CCCCCCCC(=O)OCC(COP(=O)(O)OCCCC(=O)CCCCC(=O)NCC(=O)CCC(=O)N(CC(=O)O)CC(=O)CCCNC(=O)CN(CC(=O)O)C(=O)CNC(=O)CC)OC(=O)CCCCCCC/C=C\CCCCCCCC. The standard InChI is InChI=1S/C69H118N5O20P/c1-4-7-9-11-13-15-17-19-21-23-25-27-29-31-33-43-68(87)91-55-60(94-69(88)44-34-32-30-28-26-24-22-20-18-16-14-12-10-8-5-2)56-93-95(89,90)92-48-38-41-57(75)39-35-36-42-62(79)71-49-58(76)45-46-64(81)73(53-66(83)84)51-59(77)40-37-47-70-63(80)52-74(54-67(85)86)65(82)50-72-61(78)6-3/h19-22,60H,4-18,23-56H2,1-3H3,(H,70,80)(H,71,79)(H,72,78)(H,83,84)(H,85,86)(H,89,90)/b21-19-,22-20-. The van der Waals surface area contributed by atoms with Crippen LogP contribution in [0.4, 0.5) is 0 Å². The van der Waals surface area contributed by atoms with Crippen LogP contribution >= 0.6 is 7.82 Å². The topological polar surface area (TPSA) is 362 Å². The first-order chi connectivity index (χ1) is 45.6. The average Bonchev–Trinajstić information content (AvgIpc) is 2.08. The number of phosphoric acid groups is 1. The van der Waals surface area contributed by atoms with Crippen LogP contribution in [0.2, 0.25) is 0 Å². The maximum absolute atomic E-state index is 12.9. The van der Waals surface area contributed by atoms with Gasteiger partial charge in [0, 0.05) is 64.3 Å². The quantitative estimate of drug-likeness (QED) is 0.0143. The fourth-order valence-corrected chi connectivity index (χ4v) is 10.5. The number of carbonyl (C=O) groups is 12. The lowest BCUT2D eigenvalue weighted by atomic mass is 10.1. The average molecular weight is 1370 g/mol. The minimum absolute atomic E-state index is 0.00627. The Labute approximate surface area is 565 Å². The van der Waals surface area contributed by atoms with E-state index in [0.29, 0.717) is 19.3 Å². The van der Waals surface area contributed by atoms with Crippen LogP contribution in [0.25, 0.3) is 0 Å². The Kier molecular flexibility index (Phi) is 56.3. The Morgan fingerprint density at radius 2 is 0.874 bits per heavy atom. The Bertz CT molecular complexity index is 2330. The van der Waals surface area contributed by atoms with E-state index in [2.05, 4.69) is 54.1 Å². The number of ether oxygens (including phenoxy) is 2. The third-order valence-corrected chi connectivity index (χ3v) is 16.3. The van der Waals surface area contributed by atoms with E-state index >= 15 is 0 Å². The molecule has 0 saturated carbocycles. The molecule has 0 aliphatic carbocycles. The molecule has 0 aromatic carbocycles. The first kappa shape index (κ1) is 88.8. The first-order valence-electron chi connectivity index (χ1n) is 35.2. The minimum atomic E-state index is -4.70. The summed E-state index contributed by atoms with van der Waals surface area (Å²) in [6, 6.07) is 0. The molecule has 0 aromatic heterocycles. The van der Waals surface area contributed by atoms with Crippen molar-refractivity contribution in [2.24, 2.45) is 0 Å². The highest BCUT2D eigenvalue weighted by molar-refractivity contribution is 7.47. The highest BCUT2D eigenvalue weighted by Crippen LogP contribution is 2.43. The van der Waals surface area contributed by atoms with Crippen molar-refractivity contribution in [3.05, 3.63) is 24.3 Å². The van der Waals surface area contributed by atoms with Crippen molar-refractivity contribution in [3.8, 4) is 0 Å². The van der Waals surface area contributed by atoms with Crippen molar-refractivity contribution in [1.29, 1.82) is 0 Å². The molecule has 0 aliphatic rings. The van der Waals surface area contributed by atoms with Gasteiger partial charge in [0.15, 0.2) is 17.7 Å². The Balaban J connectivity index is 4.83. The van der Waals surface area contributed by atoms with Crippen LogP contribution in [0.1, 0.15) is 271 Å². The van der Waals surface area contributed by atoms with Crippen LogP contribution < -0.4 is 16.0 Å². The number of unbranched alkanes of at least 4 members (excludes halogenated alkanes) is 23. The number of esters is 2. The molecule has 6 N–H and O–H groups in total. The van der Waals surface area contributed by atoms with Gasteiger partial charge in [-0.3, -0.25) is 66.6 Å². The van der Waals surface area contributed by atoms with E-state index in [1.807, 2.05) is 0 Å². The number of carbonyl (C=O) groups excluding carboxylic acids is 10. The summed E-state index contributed by atoms with van der Waals surface area (Å²) in [6.07, 6.45) is 36.9. The van der Waals surface area contributed by atoms with Gasteiger partial charge in [-0.15, -0.1) is 0 Å². The summed E-state index contributed by atoms with van der Waals surface area (Å²) in [5.74, 6) is -8.44. The second-order valence-electron chi connectivity index (χ2n) is 24.1. The van der Waals surface area contributed by atoms with Gasteiger partial charge in [-0.05, 0) is 89.9 Å². The third kappa shape index (κ3) is 57.8. The number of nitrogens with one attached hydrogen (secondary N) is 3. The largest absolute Gasteiger partial charge is 0.480 e. The van der Waals surface area contributed by atoms with Crippen LogP contribution in [-0.2, 0) is 80.6 Å².